The molecule has 0 heterocycles. The fourth-order valence-corrected chi connectivity index (χ4v) is 2.18. The van der Waals surface area contributed by atoms with Crippen LogP contribution in [0.25, 0.3) is 6.08 Å². The molecule has 1 saturated carbocycles. The quantitative estimate of drug-likeness (QED) is 0.570. The van der Waals surface area contributed by atoms with E-state index in [2.05, 4.69) is 5.32 Å². The summed E-state index contributed by atoms with van der Waals surface area (Å²) >= 11 is 0. The lowest BCUT2D eigenvalue weighted by atomic mass is 10.1. The lowest BCUT2D eigenvalue weighted by molar-refractivity contribution is -0.150. The first-order valence-corrected chi connectivity index (χ1v) is 7.97. The second-order valence-electron chi connectivity index (χ2n) is 5.65. The highest BCUT2D eigenvalue weighted by atomic mass is 16.5. The number of amides is 1. The summed E-state index contributed by atoms with van der Waals surface area (Å²) in [5.74, 6) is 0.540. The highest BCUT2D eigenvalue weighted by Crippen LogP contribution is 2.38. The van der Waals surface area contributed by atoms with Crippen LogP contribution in [0.3, 0.4) is 0 Å². The van der Waals surface area contributed by atoms with E-state index in [9.17, 15) is 9.59 Å². The molecule has 136 valence electrons. The largest absolute Gasteiger partial charge is 0.493 e. The van der Waals surface area contributed by atoms with Crippen LogP contribution in [-0.2, 0) is 14.3 Å². The smallest absolute Gasteiger partial charge is 0.331 e. The van der Waals surface area contributed by atoms with E-state index in [1.807, 2.05) is 0 Å². The molecule has 1 aliphatic carbocycles. The molecule has 1 atom stereocenters. The Morgan fingerprint density at radius 3 is 2.20 bits per heavy atom. The molecule has 0 aromatic heterocycles. The first kappa shape index (κ1) is 18.6. The highest BCUT2D eigenvalue weighted by molar-refractivity contribution is 5.90. The molecule has 25 heavy (non-hydrogen) atoms. The molecule has 0 aliphatic heterocycles. The lowest BCUT2D eigenvalue weighted by Crippen LogP contribution is -2.36. The Balaban J connectivity index is 2.02. The van der Waals surface area contributed by atoms with Gasteiger partial charge in [-0.05, 0) is 43.5 Å². The molecule has 0 radical (unpaired) electrons. The van der Waals surface area contributed by atoms with Gasteiger partial charge in [0.1, 0.15) is 0 Å². The zero-order valence-corrected chi connectivity index (χ0v) is 14.8. The standard InChI is InChI=1S/C18H23NO6/c1-11(18(21)19-13-6-7-13)25-16(20)8-5-12-9-14(22-2)17(24-4)15(10-12)23-3/h5,8-11,13H,6-7H2,1-4H3,(H,19,21)/b8-5+/t11-/m1/s1. The zero-order valence-electron chi connectivity index (χ0n) is 14.8. The summed E-state index contributed by atoms with van der Waals surface area (Å²) in [5, 5.41) is 2.79. The number of hydrogen-bond donors (Lipinski definition) is 1. The maximum absolute atomic E-state index is 11.9. The average molecular weight is 349 g/mol. The molecule has 1 aromatic rings. The number of carbonyl (C=O) groups is 2. The van der Waals surface area contributed by atoms with Crippen molar-refractivity contribution >= 4 is 18.0 Å². The van der Waals surface area contributed by atoms with Crippen LogP contribution in [-0.4, -0.2) is 45.4 Å². The first-order valence-electron chi connectivity index (χ1n) is 7.97. The van der Waals surface area contributed by atoms with Crippen LogP contribution in [0.1, 0.15) is 25.3 Å². The van der Waals surface area contributed by atoms with Crippen molar-refractivity contribution in [1.29, 1.82) is 0 Å². The topological polar surface area (TPSA) is 83.1 Å². The molecule has 0 saturated heterocycles. The van der Waals surface area contributed by atoms with E-state index in [0.29, 0.717) is 22.8 Å². The minimum Gasteiger partial charge on any atom is -0.493 e. The minimum atomic E-state index is -0.835. The Morgan fingerprint density at radius 2 is 1.72 bits per heavy atom. The van der Waals surface area contributed by atoms with Crippen molar-refractivity contribution in [1.82, 2.24) is 5.32 Å². The van der Waals surface area contributed by atoms with Gasteiger partial charge in [-0.1, -0.05) is 0 Å². The van der Waals surface area contributed by atoms with E-state index in [0.717, 1.165) is 12.8 Å². The van der Waals surface area contributed by atoms with E-state index in [1.165, 1.54) is 27.4 Å². The number of esters is 1. The van der Waals surface area contributed by atoms with Crippen molar-refractivity contribution in [2.75, 3.05) is 21.3 Å². The molecule has 1 aliphatic rings. The summed E-state index contributed by atoms with van der Waals surface area (Å²) in [7, 11) is 4.54. The Hall–Kier alpha value is -2.70. The molecule has 0 spiro atoms. The summed E-state index contributed by atoms with van der Waals surface area (Å²) in [6, 6.07) is 3.63. The predicted molar refractivity (Wildman–Crippen MR) is 91.9 cm³/mol. The third-order valence-electron chi connectivity index (χ3n) is 3.68. The molecule has 1 fully saturated rings. The van der Waals surface area contributed by atoms with Crippen molar-refractivity contribution in [2.45, 2.75) is 31.9 Å². The minimum absolute atomic E-state index is 0.225. The number of carbonyl (C=O) groups excluding carboxylic acids is 2. The fraction of sp³-hybridized carbons (Fsp3) is 0.444. The van der Waals surface area contributed by atoms with Crippen molar-refractivity contribution < 1.29 is 28.5 Å². The summed E-state index contributed by atoms with van der Waals surface area (Å²) in [5.41, 5.74) is 0.668. The van der Waals surface area contributed by atoms with Crippen LogP contribution in [0.15, 0.2) is 18.2 Å². The fourth-order valence-electron chi connectivity index (χ4n) is 2.18. The van der Waals surface area contributed by atoms with Crippen LogP contribution in [0.2, 0.25) is 0 Å². The number of nitrogens with one attached hydrogen (secondary N) is 1. The third-order valence-corrected chi connectivity index (χ3v) is 3.68. The number of benzene rings is 1. The summed E-state index contributed by atoms with van der Waals surface area (Å²) in [6.07, 6.45) is 3.93. The number of rotatable bonds is 8. The zero-order chi connectivity index (χ0) is 18.4. The molecule has 0 unspecified atom stereocenters. The van der Waals surface area contributed by atoms with Crippen LogP contribution in [0, 0.1) is 0 Å². The number of hydrogen-bond acceptors (Lipinski definition) is 6. The van der Waals surface area contributed by atoms with Gasteiger partial charge in [0.15, 0.2) is 17.6 Å². The van der Waals surface area contributed by atoms with Gasteiger partial charge in [0.05, 0.1) is 21.3 Å². The maximum Gasteiger partial charge on any atom is 0.331 e. The molecular formula is C18H23NO6. The van der Waals surface area contributed by atoms with Crippen LogP contribution in [0.4, 0.5) is 0 Å². The molecule has 1 N–H and O–H groups in total. The van der Waals surface area contributed by atoms with Crippen LogP contribution >= 0.6 is 0 Å². The molecule has 2 rings (SSSR count). The molecule has 7 heteroatoms. The van der Waals surface area contributed by atoms with Gasteiger partial charge in [0.2, 0.25) is 5.75 Å². The molecule has 7 nitrogen and oxygen atoms in total. The normalized spacial score (nSPS) is 14.7. The van der Waals surface area contributed by atoms with Gasteiger partial charge in [-0.2, -0.15) is 0 Å². The number of methoxy groups -OCH3 is 3. The Morgan fingerprint density at radius 1 is 1.12 bits per heavy atom. The van der Waals surface area contributed by atoms with Crippen LogP contribution in [0.5, 0.6) is 17.2 Å². The first-order chi connectivity index (χ1) is 12.0. The van der Waals surface area contributed by atoms with Crippen LogP contribution < -0.4 is 19.5 Å². The second-order valence-corrected chi connectivity index (χ2v) is 5.65. The van der Waals surface area contributed by atoms with Crippen molar-refractivity contribution in [2.24, 2.45) is 0 Å². The van der Waals surface area contributed by atoms with Gasteiger partial charge in [-0.15, -0.1) is 0 Å². The van der Waals surface area contributed by atoms with E-state index >= 15 is 0 Å². The Bertz CT molecular complexity index is 641. The second kappa shape index (κ2) is 8.41. The van der Waals surface area contributed by atoms with Crippen molar-refractivity contribution in [3.63, 3.8) is 0 Å². The van der Waals surface area contributed by atoms with E-state index in [1.54, 1.807) is 25.1 Å². The molecule has 1 amide bonds. The van der Waals surface area contributed by atoms with Gasteiger partial charge in [-0.3, -0.25) is 4.79 Å². The summed E-state index contributed by atoms with van der Waals surface area (Å²) in [4.78, 5) is 23.7. The maximum atomic E-state index is 11.9. The molecular weight excluding hydrogens is 326 g/mol. The predicted octanol–water partition coefficient (Wildman–Crippen LogP) is 1.94. The van der Waals surface area contributed by atoms with Gasteiger partial charge in [0, 0.05) is 12.1 Å². The van der Waals surface area contributed by atoms with E-state index < -0.39 is 12.1 Å². The average Bonchev–Trinajstić information content (AvgIpc) is 3.42. The monoisotopic (exact) mass is 349 g/mol. The number of ether oxygens (including phenoxy) is 4. The van der Waals surface area contributed by atoms with Crippen molar-refractivity contribution in [3.05, 3.63) is 23.8 Å². The van der Waals surface area contributed by atoms with E-state index in [4.69, 9.17) is 18.9 Å². The Labute approximate surface area is 146 Å². The SMILES string of the molecule is COc1cc(/C=C/C(=O)O[C@H](C)C(=O)NC2CC2)cc(OC)c1OC. The summed E-state index contributed by atoms with van der Waals surface area (Å²) < 4.78 is 20.9. The lowest BCUT2D eigenvalue weighted by Gasteiger charge is -2.13. The molecule has 1 aromatic carbocycles. The van der Waals surface area contributed by atoms with Gasteiger partial charge in [-0.25, -0.2) is 4.79 Å². The van der Waals surface area contributed by atoms with Gasteiger partial charge in [0.25, 0.3) is 5.91 Å². The van der Waals surface area contributed by atoms with Crippen molar-refractivity contribution in [3.8, 4) is 17.2 Å². The Kier molecular flexibility index (Phi) is 6.27. The van der Waals surface area contributed by atoms with Gasteiger partial charge >= 0.3 is 5.97 Å². The summed E-state index contributed by atoms with van der Waals surface area (Å²) in [6.45, 7) is 1.54. The van der Waals surface area contributed by atoms with Gasteiger partial charge < -0.3 is 24.3 Å². The van der Waals surface area contributed by atoms with E-state index in [-0.39, 0.29) is 11.9 Å². The molecule has 0 bridgehead atoms. The third kappa shape index (κ3) is 5.14. The highest BCUT2D eigenvalue weighted by Gasteiger charge is 2.26.